The van der Waals surface area contributed by atoms with Crippen LogP contribution >= 0.6 is 0 Å². The molecule has 2 heteroatoms. The number of hydrogen-bond acceptors (Lipinski definition) is 0. The van der Waals surface area contributed by atoms with Crippen molar-refractivity contribution >= 4 is 43.6 Å². The Morgan fingerprint density at radius 1 is 0.320 bits per heavy atom. The molecule has 2 nitrogen and oxygen atoms in total. The van der Waals surface area contributed by atoms with Crippen molar-refractivity contribution in [2.45, 2.75) is 0 Å². The Kier molecular flexibility index (Phi) is 3.83. The van der Waals surface area contributed by atoms with Crippen LogP contribution in [0.15, 0.2) is 194 Å². The van der Waals surface area contributed by atoms with E-state index < -0.39 is 119 Å². The van der Waals surface area contributed by atoms with Gasteiger partial charge >= 0.3 is 0 Å². The molecule has 0 aliphatic carbocycles. The molecule has 0 saturated heterocycles. The summed E-state index contributed by atoms with van der Waals surface area (Å²) in [4.78, 5) is 0. The van der Waals surface area contributed by atoms with Crippen molar-refractivity contribution in [2.75, 3.05) is 0 Å². The molecule has 10 rings (SSSR count). The standard InChI is InChI=1S/C48H32N2/c1-3-12-33(13-4-1)35-22-26-39(27-23-35)49-45-20-9-7-18-41(45)43-31-37(24-28-47(43)49)38-25-29-48-44(32-38)42-19-8-10-21-46(42)50(48)40-17-11-16-36(30-40)34-14-5-2-6-15-34/h1-32H/i2D,5D,6D,8D,10D,11D,14D,15D,16D,17D,19D,21D,25D,29D,30D,32D. The first kappa shape index (κ1) is 16.6. The van der Waals surface area contributed by atoms with Gasteiger partial charge in [-0.25, -0.2) is 0 Å². The molecule has 0 bridgehead atoms. The van der Waals surface area contributed by atoms with Gasteiger partial charge in [-0.1, -0.05) is 133 Å². The first-order chi connectivity index (χ1) is 31.5. The molecular weight excluding hydrogens is 605 g/mol. The Morgan fingerprint density at radius 2 is 0.980 bits per heavy atom. The summed E-state index contributed by atoms with van der Waals surface area (Å²) in [6, 6.07) is 20.0. The Morgan fingerprint density at radius 3 is 1.86 bits per heavy atom. The van der Waals surface area contributed by atoms with Crippen molar-refractivity contribution in [1.82, 2.24) is 9.13 Å². The molecular formula is C48H32N2. The minimum absolute atomic E-state index is 0.0374. The summed E-state index contributed by atoms with van der Waals surface area (Å²) in [5.41, 5.74) is 2.42. The number of fused-ring (bicyclic) bond motifs is 6. The molecule has 50 heavy (non-hydrogen) atoms. The first-order valence-corrected chi connectivity index (χ1v) is 15.9. The van der Waals surface area contributed by atoms with Gasteiger partial charge < -0.3 is 9.13 Å². The summed E-state index contributed by atoms with van der Waals surface area (Å²) in [5, 5.41) is 1.15. The molecule has 234 valence electrons. The summed E-state index contributed by atoms with van der Waals surface area (Å²) in [6.07, 6.45) is 0. The van der Waals surface area contributed by atoms with Gasteiger partial charge in [0.1, 0.15) is 0 Å². The van der Waals surface area contributed by atoms with Crippen molar-refractivity contribution in [3.8, 4) is 44.8 Å². The Labute approximate surface area is 313 Å². The van der Waals surface area contributed by atoms with Gasteiger partial charge in [0.2, 0.25) is 0 Å². The van der Waals surface area contributed by atoms with E-state index in [4.69, 9.17) is 16.4 Å². The third-order valence-electron chi connectivity index (χ3n) is 8.94. The Hall–Kier alpha value is -6.64. The number of rotatable bonds is 5. The van der Waals surface area contributed by atoms with Crippen LogP contribution in [-0.2, 0) is 0 Å². The average Bonchev–Trinajstić information content (AvgIpc) is 3.85. The molecule has 0 N–H and O–H groups in total. The predicted octanol–water partition coefficient (Wildman–Crippen LogP) is 12.9. The van der Waals surface area contributed by atoms with Crippen molar-refractivity contribution in [3.05, 3.63) is 194 Å². The molecule has 0 aliphatic heterocycles. The molecule has 0 aliphatic rings. The Bertz CT molecular complexity index is 3740. The highest BCUT2D eigenvalue weighted by Crippen LogP contribution is 2.39. The average molecular weight is 653 g/mol. The zero-order valence-electron chi connectivity index (χ0n) is 42.1. The molecule has 0 spiro atoms. The van der Waals surface area contributed by atoms with Crippen molar-refractivity contribution in [2.24, 2.45) is 0 Å². The molecule has 2 heterocycles. The Balaban J connectivity index is 1.27. The van der Waals surface area contributed by atoms with Crippen molar-refractivity contribution in [1.29, 1.82) is 0 Å². The van der Waals surface area contributed by atoms with Gasteiger partial charge in [-0.2, -0.15) is 0 Å². The van der Waals surface area contributed by atoms with Gasteiger partial charge in [-0.05, 0) is 93.9 Å². The van der Waals surface area contributed by atoms with E-state index in [0.717, 1.165) is 43.2 Å². The monoisotopic (exact) mass is 652 g/mol. The van der Waals surface area contributed by atoms with E-state index in [1.807, 2.05) is 91.0 Å². The number of nitrogens with zero attached hydrogens (tertiary/aromatic N) is 2. The second-order valence-corrected chi connectivity index (χ2v) is 11.8. The minimum Gasteiger partial charge on any atom is -0.309 e. The molecule has 2 aromatic heterocycles. The number of aromatic nitrogens is 2. The zero-order valence-corrected chi connectivity index (χ0v) is 26.1. The third-order valence-corrected chi connectivity index (χ3v) is 8.94. The quantitative estimate of drug-likeness (QED) is 0.175. The lowest BCUT2D eigenvalue weighted by atomic mass is 10.0. The van der Waals surface area contributed by atoms with Gasteiger partial charge in [0, 0.05) is 32.9 Å². The molecule has 10 aromatic rings. The van der Waals surface area contributed by atoms with Crippen LogP contribution in [0, 0.1) is 0 Å². The van der Waals surface area contributed by atoms with Crippen LogP contribution in [0.25, 0.3) is 88.4 Å². The fraction of sp³-hybridized carbons (Fsp3) is 0. The fourth-order valence-electron chi connectivity index (χ4n) is 6.67. The minimum atomic E-state index is -0.849. The number of hydrogen-bond donors (Lipinski definition) is 0. The fourth-order valence-corrected chi connectivity index (χ4v) is 6.67. The van der Waals surface area contributed by atoms with E-state index in [9.17, 15) is 5.48 Å². The lowest BCUT2D eigenvalue weighted by molar-refractivity contribution is 1.18. The second kappa shape index (κ2) is 11.5. The highest BCUT2D eigenvalue weighted by atomic mass is 15.0. The van der Waals surface area contributed by atoms with Crippen LogP contribution in [0.2, 0.25) is 0 Å². The van der Waals surface area contributed by atoms with Crippen LogP contribution in [0.1, 0.15) is 21.9 Å². The molecule has 8 aromatic carbocycles. The zero-order chi connectivity index (χ0) is 46.9. The van der Waals surface area contributed by atoms with Crippen LogP contribution in [0.4, 0.5) is 0 Å². The number of benzene rings is 8. The molecule has 0 fully saturated rings. The third kappa shape index (κ3) is 4.57. The van der Waals surface area contributed by atoms with E-state index in [2.05, 4.69) is 4.57 Å². The van der Waals surface area contributed by atoms with Crippen LogP contribution < -0.4 is 0 Å². The second-order valence-electron chi connectivity index (χ2n) is 11.8. The molecule has 0 atom stereocenters. The van der Waals surface area contributed by atoms with Crippen LogP contribution in [-0.4, -0.2) is 9.13 Å². The maximum Gasteiger partial charge on any atom is 0.0651 e. The summed E-state index contributed by atoms with van der Waals surface area (Å²) in [5.74, 6) is 0. The maximum absolute atomic E-state index is 9.81. The largest absolute Gasteiger partial charge is 0.309 e. The first-order valence-electron chi connectivity index (χ1n) is 23.9. The molecule has 0 amide bonds. The lowest BCUT2D eigenvalue weighted by Gasteiger charge is -2.11. The van der Waals surface area contributed by atoms with Gasteiger partial charge in [0.15, 0.2) is 0 Å². The number of para-hydroxylation sites is 2. The normalized spacial score (nSPS) is 16.1. The summed E-state index contributed by atoms with van der Waals surface area (Å²) in [7, 11) is 0. The van der Waals surface area contributed by atoms with Gasteiger partial charge in [-0.3, -0.25) is 0 Å². The van der Waals surface area contributed by atoms with Crippen molar-refractivity contribution in [3.63, 3.8) is 0 Å². The maximum atomic E-state index is 9.81. The highest BCUT2D eigenvalue weighted by molar-refractivity contribution is 6.12. The molecule has 0 saturated carbocycles. The summed E-state index contributed by atoms with van der Waals surface area (Å²) >= 11 is 0. The van der Waals surface area contributed by atoms with E-state index in [0.29, 0.717) is 5.56 Å². The summed E-state index contributed by atoms with van der Waals surface area (Å²) in [6.45, 7) is 0. The van der Waals surface area contributed by atoms with Crippen LogP contribution in [0.5, 0.6) is 0 Å². The SMILES string of the molecule is [2H]c1c([2H])c([2H])c(-c2c([2H])c([2H])c([2H])c(-n3c4c([2H])c([2H])c([2H])c([2H])c4c4c([2H])c(-c5ccc6c(c5)c5ccccc5n6-c5ccc(-c6ccccc6)cc5)c([2H])c([2H])c43)c2[2H])c([2H])c1[2H]. The van der Waals surface area contributed by atoms with Gasteiger partial charge in [0.25, 0.3) is 0 Å². The van der Waals surface area contributed by atoms with E-state index in [1.165, 1.54) is 0 Å². The lowest BCUT2D eigenvalue weighted by Crippen LogP contribution is -1.94. The molecule has 0 unspecified atom stereocenters. The molecule has 0 radical (unpaired) electrons. The highest BCUT2D eigenvalue weighted by Gasteiger charge is 2.16. The van der Waals surface area contributed by atoms with Gasteiger partial charge in [0.05, 0.1) is 44.0 Å². The van der Waals surface area contributed by atoms with Crippen molar-refractivity contribution < 1.29 is 21.9 Å². The van der Waals surface area contributed by atoms with Gasteiger partial charge in [-0.15, -0.1) is 0 Å². The van der Waals surface area contributed by atoms with E-state index in [1.54, 1.807) is 6.07 Å². The topological polar surface area (TPSA) is 9.86 Å². The summed E-state index contributed by atoms with van der Waals surface area (Å²) < 4.78 is 146. The van der Waals surface area contributed by atoms with E-state index >= 15 is 0 Å². The predicted molar refractivity (Wildman–Crippen MR) is 211 cm³/mol. The van der Waals surface area contributed by atoms with Crippen LogP contribution in [0.3, 0.4) is 0 Å². The van der Waals surface area contributed by atoms with E-state index in [-0.39, 0.29) is 21.9 Å². The smallest absolute Gasteiger partial charge is 0.0651 e.